The van der Waals surface area contributed by atoms with Gasteiger partial charge in [-0.1, -0.05) is 19.1 Å². The Balaban J connectivity index is 3.38. The molecule has 0 saturated carbocycles. The summed E-state index contributed by atoms with van der Waals surface area (Å²) in [6, 6.07) is 4.75. The van der Waals surface area contributed by atoms with Gasteiger partial charge in [-0.15, -0.1) is 0 Å². The Bertz CT molecular complexity index is 347. The van der Waals surface area contributed by atoms with Gasteiger partial charge in [0.05, 0.1) is 10.5 Å². The maximum absolute atomic E-state index is 10.6. The summed E-state index contributed by atoms with van der Waals surface area (Å²) in [5, 5.41) is 10.6. The minimum atomic E-state index is -0.511. The number of hydrogen-bond acceptors (Lipinski definition) is 3. The number of carbonyl (C=O) groups is 1. The molecule has 13 heavy (non-hydrogen) atoms. The predicted molar refractivity (Wildman–Crippen MR) is 47.9 cm³/mol. The van der Waals surface area contributed by atoms with E-state index in [1.54, 1.807) is 12.1 Å². The molecular formula is C9H9NO3. The largest absolute Gasteiger partial charge is 0.298 e. The standard InChI is InChI=1S/C9H9NO3/c1-2-7-4-3-5-8(6-11)9(7)10(12)13/h3-6H,2H2,1H3. The van der Waals surface area contributed by atoms with Crippen LogP contribution in [0.25, 0.3) is 0 Å². The van der Waals surface area contributed by atoms with Crippen molar-refractivity contribution >= 4 is 12.0 Å². The van der Waals surface area contributed by atoms with E-state index >= 15 is 0 Å². The van der Waals surface area contributed by atoms with Gasteiger partial charge in [-0.05, 0) is 12.5 Å². The molecule has 0 amide bonds. The minimum Gasteiger partial charge on any atom is -0.298 e. The molecule has 0 aliphatic carbocycles. The average molecular weight is 179 g/mol. The summed E-state index contributed by atoms with van der Waals surface area (Å²) < 4.78 is 0. The van der Waals surface area contributed by atoms with Crippen molar-refractivity contribution in [1.82, 2.24) is 0 Å². The fourth-order valence-corrected chi connectivity index (χ4v) is 1.21. The number of aryl methyl sites for hydroxylation is 1. The topological polar surface area (TPSA) is 60.2 Å². The van der Waals surface area contributed by atoms with Gasteiger partial charge in [0.1, 0.15) is 0 Å². The molecule has 1 aromatic rings. The quantitative estimate of drug-likeness (QED) is 0.405. The fraction of sp³-hybridized carbons (Fsp3) is 0.222. The first-order valence-corrected chi connectivity index (χ1v) is 3.92. The first kappa shape index (κ1) is 9.38. The fourth-order valence-electron chi connectivity index (χ4n) is 1.21. The van der Waals surface area contributed by atoms with Crippen LogP contribution in [0.15, 0.2) is 18.2 Å². The zero-order chi connectivity index (χ0) is 9.84. The highest BCUT2D eigenvalue weighted by Gasteiger charge is 2.16. The summed E-state index contributed by atoms with van der Waals surface area (Å²) in [5.41, 5.74) is 0.666. The number of nitro benzene ring substituents is 1. The van der Waals surface area contributed by atoms with E-state index in [1.807, 2.05) is 6.92 Å². The molecule has 0 aromatic heterocycles. The van der Waals surface area contributed by atoms with Gasteiger partial charge in [-0.25, -0.2) is 0 Å². The van der Waals surface area contributed by atoms with E-state index in [0.717, 1.165) is 0 Å². The van der Waals surface area contributed by atoms with Gasteiger partial charge in [0.15, 0.2) is 6.29 Å². The number of rotatable bonds is 3. The second-order valence-corrected chi connectivity index (χ2v) is 2.58. The third-order valence-corrected chi connectivity index (χ3v) is 1.84. The lowest BCUT2D eigenvalue weighted by Crippen LogP contribution is -1.98. The van der Waals surface area contributed by atoms with Gasteiger partial charge in [0, 0.05) is 5.56 Å². The molecule has 0 spiro atoms. The molecule has 68 valence electrons. The van der Waals surface area contributed by atoms with Crippen molar-refractivity contribution in [1.29, 1.82) is 0 Å². The second kappa shape index (κ2) is 3.80. The molecule has 0 atom stereocenters. The van der Waals surface area contributed by atoms with Crippen LogP contribution < -0.4 is 0 Å². The first-order valence-electron chi connectivity index (χ1n) is 3.92. The highest BCUT2D eigenvalue weighted by molar-refractivity contribution is 5.82. The number of carbonyl (C=O) groups excluding carboxylic acids is 1. The van der Waals surface area contributed by atoms with Gasteiger partial charge >= 0.3 is 0 Å². The molecule has 1 aromatic carbocycles. The van der Waals surface area contributed by atoms with Crippen LogP contribution in [0, 0.1) is 10.1 Å². The molecule has 0 fully saturated rings. The number of nitro groups is 1. The highest BCUT2D eigenvalue weighted by Crippen LogP contribution is 2.22. The van der Waals surface area contributed by atoms with Gasteiger partial charge in [-0.3, -0.25) is 14.9 Å². The third kappa shape index (κ3) is 1.72. The van der Waals surface area contributed by atoms with Gasteiger partial charge in [0.25, 0.3) is 5.69 Å². The lowest BCUT2D eigenvalue weighted by atomic mass is 10.1. The summed E-state index contributed by atoms with van der Waals surface area (Å²) in [5.74, 6) is 0. The summed E-state index contributed by atoms with van der Waals surface area (Å²) in [6.45, 7) is 1.82. The van der Waals surface area contributed by atoms with Crippen LogP contribution in [0.1, 0.15) is 22.8 Å². The Morgan fingerprint density at radius 3 is 2.69 bits per heavy atom. The Kier molecular flexibility index (Phi) is 2.74. The average Bonchev–Trinajstić information content (AvgIpc) is 2.16. The lowest BCUT2D eigenvalue weighted by Gasteiger charge is -2.00. The number of nitrogens with zero attached hydrogens (tertiary/aromatic N) is 1. The Morgan fingerprint density at radius 1 is 1.54 bits per heavy atom. The van der Waals surface area contributed by atoms with E-state index in [4.69, 9.17) is 0 Å². The zero-order valence-corrected chi connectivity index (χ0v) is 7.19. The van der Waals surface area contributed by atoms with Crippen molar-refractivity contribution in [2.24, 2.45) is 0 Å². The van der Waals surface area contributed by atoms with E-state index in [9.17, 15) is 14.9 Å². The lowest BCUT2D eigenvalue weighted by molar-refractivity contribution is -0.385. The van der Waals surface area contributed by atoms with Crippen LogP contribution in [-0.4, -0.2) is 11.2 Å². The number of benzene rings is 1. The summed E-state index contributed by atoms with van der Waals surface area (Å²) in [6.07, 6.45) is 1.06. The number of hydrogen-bond donors (Lipinski definition) is 0. The maximum Gasteiger partial charge on any atom is 0.283 e. The molecule has 0 heterocycles. The van der Waals surface area contributed by atoms with Gasteiger partial charge in [0.2, 0.25) is 0 Å². The van der Waals surface area contributed by atoms with E-state index in [0.29, 0.717) is 18.3 Å². The minimum absolute atomic E-state index is 0.0694. The summed E-state index contributed by atoms with van der Waals surface area (Å²) in [4.78, 5) is 20.6. The Hall–Kier alpha value is -1.71. The maximum atomic E-state index is 10.6. The third-order valence-electron chi connectivity index (χ3n) is 1.84. The van der Waals surface area contributed by atoms with E-state index in [1.165, 1.54) is 6.07 Å². The van der Waals surface area contributed by atoms with Crippen LogP contribution in [-0.2, 0) is 6.42 Å². The Morgan fingerprint density at radius 2 is 2.23 bits per heavy atom. The molecule has 0 aliphatic heterocycles. The van der Waals surface area contributed by atoms with E-state index in [-0.39, 0.29) is 11.3 Å². The predicted octanol–water partition coefficient (Wildman–Crippen LogP) is 1.97. The SMILES string of the molecule is CCc1cccc(C=O)c1[N+](=O)[O-]. The molecule has 0 saturated heterocycles. The molecule has 1 rings (SSSR count). The molecule has 0 unspecified atom stereocenters. The first-order chi connectivity index (χ1) is 6.20. The van der Waals surface area contributed by atoms with Crippen molar-refractivity contribution in [2.45, 2.75) is 13.3 Å². The summed E-state index contributed by atoms with van der Waals surface area (Å²) >= 11 is 0. The van der Waals surface area contributed by atoms with Crippen LogP contribution >= 0.6 is 0 Å². The number of aldehydes is 1. The van der Waals surface area contributed by atoms with Crippen molar-refractivity contribution < 1.29 is 9.72 Å². The molecule has 0 aliphatic rings. The van der Waals surface area contributed by atoms with Crippen LogP contribution in [0.4, 0.5) is 5.69 Å². The number of para-hydroxylation sites is 1. The van der Waals surface area contributed by atoms with Gasteiger partial charge < -0.3 is 0 Å². The van der Waals surface area contributed by atoms with Crippen LogP contribution in [0.5, 0.6) is 0 Å². The monoisotopic (exact) mass is 179 g/mol. The van der Waals surface area contributed by atoms with Crippen LogP contribution in [0.3, 0.4) is 0 Å². The molecule has 0 N–H and O–H groups in total. The second-order valence-electron chi connectivity index (χ2n) is 2.58. The molecular weight excluding hydrogens is 170 g/mol. The van der Waals surface area contributed by atoms with Crippen molar-refractivity contribution in [2.75, 3.05) is 0 Å². The molecule has 4 nitrogen and oxygen atoms in total. The van der Waals surface area contributed by atoms with Crippen molar-refractivity contribution in [3.8, 4) is 0 Å². The molecule has 0 radical (unpaired) electrons. The smallest absolute Gasteiger partial charge is 0.283 e. The molecule has 0 bridgehead atoms. The van der Waals surface area contributed by atoms with Crippen molar-refractivity contribution in [3.63, 3.8) is 0 Å². The van der Waals surface area contributed by atoms with Gasteiger partial charge in [-0.2, -0.15) is 0 Å². The van der Waals surface area contributed by atoms with Crippen LogP contribution in [0.2, 0.25) is 0 Å². The van der Waals surface area contributed by atoms with E-state index < -0.39 is 4.92 Å². The summed E-state index contributed by atoms with van der Waals surface area (Å²) in [7, 11) is 0. The molecule has 4 heteroatoms. The van der Waals surface area contributed by atoms with E-state index in [2.05, 4.69) is 0 Å². The Labute approximate surface area is 75.3 Å². The zero-order valence-electron chi connectivity index (χ0n) is 7.19. The highest BCUT2D eigenvalue weighted by atomic mass is 16.6. The van der Waals surface area contributed by atoms with Crippen molar-refractivity contribution in [3.05, 3.63) is 39.4 Å². The normalized spacial score (nSPS) is 9.62.